The van der Waals surface area contributed by atoms with Crippen LogP contribution in [0.4, 0.5) is 10.5 Å². The van der Waals surface area contributed by atoms with Crippen molar-refractivity contribution < 1.29 is 58.6 Å². The van der Waals surface area contributed by atoms with E-state index in [0.29, 0.717) is 12.0 Å². The lowest BCUT2D eigenvalue weighted by Gasteiger charge is -2.39. The summed E-state index contributed by atoms with van der Waals surface area (Å²) in [6, 6.07) is 4.23. The molecule has 1 aromatic carbocycles. The average molecular weight is 605 g/mol. The molecule has 0 saturated carbocycles. The molecule has 4 amide bonds. The van der Waals surface area contributed by atoms with Crippen LogP contribution in [0.3, 0.4) is 0 Å². The highest BCUT2D eigenvalue weighted by Gasteiger charge is 2.47. The molecule has 6 atom stereocenters. The summed E-state index contributed by atoms with van der Waals surface area (Å²) in [4.78, 5) is 61.8. The molecule has 6 N–H and O–H groups in total. The van der Waals surface area contributed by atoms with E-state index in [2.05, 4.69) is 10.6 Å². The lowest BCUT2D eigenvalue weighted by molar-refractivity contribution is -0.277. The van der Waals surface area contributed by atoms with Gasteiger partial charge in [-0.05, 0) is 24.1 Å². The minimum atomic E-state index is -1.71. The first kappa shape index (κ1) is 33.9. The van der Waals surface area contributed by atoms with Crippen molar-refractivity contribution in [3.63, 3.8) is 0 Å². The largest absolute Gasteiger partial charge is 0.470 e. The fraction of sp³-hybridized carbons (Fsp3) is 0.593. The van der Waals surface area contributed by atoms with Crippen molar-refractivity contribution >= 4 is 43.0 Å². The Bertz CT molecular complexity index is 1210. The first-order valence-corrected chi connectivity index (χ1v) is 13.7. The van der Waals surface area contributed by atoms with Crippen LogP contribution in [0.15, 0.2) is 18.2 Å². The van der Waals surface area contributed by atoms with Crippen molar-refractivity contribution in [3.05, 3.63) is 23.8 Å². The Morgan fingerprint density at radius 2 is 1.84 bits per heavy atom. The maximum Gasteiger partial charge on any atom is 0.236 e. The summed E-state index contributed by atoms with van der Waals surface area (Å²) in [7, 11) is 5.01. The molecule has 0 aromatic heterocycles. The van der Waals surface area contributed by atoms with Gasteiger partial charge in [-0.25, -0.2) is 0 Å². The topological polar surface area (TPSA) is 221 Å². The van der Waals surface area contributed by atoms with Crippen LogP contribution in [0.25, 0.3) is 0 Å². The van der Waals surface area contributed by atoms with Gasteiger partial charge in [-0.3, -0.25) is 28.9 Å². The number of nitrogens with zero attached hydrogens (tertiary/aromatic N) is 1. The molecule has 2 fully saturated rings. The number of aliphatic hydroxyl groups excluding tert-OH is 4. The third-order valence-corrected chi connectivity index (χ3v) is 7.41. The minimum absolute atomic E-state index is 0.0384. The molecule has 43 heavy (non-hydrogen) atoms. The number of amides is 4. The van der Waals surface area contributed by atoms with Crippen LogP contribution in [0.1, 0.15) is 45.1 Å². The molecule has 3 rings (SSSR count). The van der Waals surface area contributed by atoms with Gasteiger partial charge in [0.25, 0.3) is 0 Å². The molecular formula is C27H36BN3O12. The predicted molar refractivity (Wildman–Crippen MR) is 147 cm³/mol. The molecule has 0 aliphatic carbocycles. The highest BCUT2D eigenvalue weighted by Crippen LogP contribution is 2.35. The van der Waals surface area contributed by atoms with Crippen LogP contribution in [-0.4, -0.2) is 113 Å². The SMILES string of the molecule is [B]C(=O)OCc1ccc(OC2OC(CO)C(O)C(O)C2O)c(NC(=O)CCNC(=O)CCN2C(=O)CC(C)(CC)C2=O)c1. The van der Waals surface area contributed by atoms with Crippen molar-refractivity contribution in [2.45, 2.75) is 76.8 Å². The summed E-state index contributed by atoms with van der Waals surface area (Å²) < 4.78 is 15.8. The molecule has 2 aliphatic rings. The first-order chi connectivity index (χ1) is 20.3. The van der Waals surface area contributed by atoms with E-state index in [1.165, 1.54) is 18.2 Å². The van der Waals surface area contributed by atoms with Gasteiger partial charge in [0.2, 0.25) is 43.6 Å². The molecule has 2 heterocycles. The van der Waals surface area contributed by atoms with E-state index in [1.807, 2.05) is 6.92 Å². The molecule has 2 radical (unpaired) electrons. The summed E-state index contributed by atoms with van der Waals surface area (Å²) >= 11 is 0. The van der Waals surface area contributed by atoms with Gasteiger partial charge in [-0.1, -0.05) is 19.9 Å². The van der Waals surface area contributed by atoms with Crippen LogP contribution in [0.5, 0.6) is 5.75 Å². The molecule has 2 saturated heterocycles. The standard InChI is InChI=1S/C27H36BN3O12/c1-3-27(2)11-20(35)31(25(27)39)9-7-18(33)29-8-6-19(34)30-15-10-14(13-41-26(28)40)4-5-16(15)42-24-23(38)22(37)21(36)17(12-32)43-24/h4-5,10,17,21-24,32,36-38H,3,6-9,11-13H2,1-2H3,(H,29,33)(H,30,34). The summed E-state index contributed by atoms with van der Waals surface area (Å²) in [6.07, 6.45) is -7.49. The third-order valence-electron chi connectivity index (χ3n) is 7.41. The maximum absolute atomic E-state index is 12.7. The zero-order valence-electron chi connectivity index (χ0n) is 23.9. The second-order valence-corrected chi connectivity index (χ2v) is 10.6. The van der Waals surface area contributed by atoms with E-state index in [9.17, 15) is 44.4 Å². The molecular weight excluding hydrogens is 569 g/mol. The van der Waals surface area contributed by atoms with Gasteiger partial charge >= 0.3 is 0 Å². The van der Waals surface area contributed by atoms with E-state index in [4.69, 9.17) is 22.1 Å². The molecule has 1 aromatic rings. The molecule has 6 unspecified atom stereocenters. The Morgan fingerprint density at radius 3 is 2.47 bits per heavy atom. The minimum Gasteiger partial charge on any atom is -0.470 e. The smallest absolute Gasteiger partial charge is 0.236 e. The van der Waals surface area contributed by atoms with E-state index in [-0.39, 0.29) is 62.2 Å². The van der Waals surface area contributed by atoms with Crippen molar-refractivity contribution in [1.29, 1.82) is 0 Å². The van der Waals surface area contributed by atoms with Gasteiger partial charge < -0.3 is 45.3 Å². The summed E-state index contributed by atoms with van der Waals surface area (Å²) in [5.74, 6) is -2.74. The highest BCUT2D eigenvalue weighted by molar-refractivity contribution is 6.55. The maximum atomic E-state index is 12.7. The van der Waals surface area contributed by atoms with Gasteiger partial charge in [-0.2, -0.15) is 0 Å². The van der Waals surface area contributed by atoms with Crippen molar-refractivity contribution in [1.82, 2.24) is 10.2 Å². The van der Waals surface area contributed by atoms with Gasteiger partial charge in [0, 0.05) is 32.4 Å². The molecule has 0 spiro atoms. The summed E-state index contributed by atoms with van der Waals surface area (Å²) in [6.45, 7) is 2.48. The third kappa shape index (κ3) is 8.51. The molecule has 2 aliphatic heterocycles. The Kier molecular flexibility index (Phi) is 11.6. The molecule has 0 bridgehead atoms. The zero-order chi connectivity index (χ0) is 31.9. The lowest BCUT2D eigenvalue weighted by Crippen LogP contribution is -2.60. The monoisotopic (exact) mass is 605 g/mol. The number of hydrogen-bond acceptors (Lipinski definition) is 12. The number of carbonyl (C=O) groups excluding carboxylic acids is 5. The molecule has 16 heteroatoms. The number of aliphatic hydroxyl groups is 4. The Hall–Kier alpha value is -3.57. The second-order valence-electron chi connectivity index (χ2n) is 10.6. The Balaban J connectivity index is 1.59. The van der Waals surface area contributed by atoms with Crippen LogP contribution >= 0.6 is 0 Å². The molecule has 234 valence electrons. The quantitative estimate of drug-likeness (QED) is 0.114. The average Bonchev–Trinajstić information content (AvgIpc) is 3.19. The number of hydrogen-bond donors (Lipinski definition) is 6. The fourth-order valence-corrected chi connectivity index (χ4v) is 4.59. The van der Waals surface area contributed by atoms with E-state index >= 15 is 0 Å². The van der Waals surface area contributed by atoms with Gasteiger partial charge in [0.1, 0.15) is 36.8 Å². The summed E-state index contributed by atoms with van der Waals surface area (Å²) in [5.41, 5.74) is -0.321. The molecule has 15 nitrogen and oxygen atoms in total. The number of carbonyl (C=O) groups is 5. The van der Waals surface area contributed by atoms with Crippen LogP contribution < -0.4 is 15.4 Å². The lowest BCUT2D eigenvalue weighted by atomic mass is 9.86. The van der Waals surface area contributed by atoms with Crippen molar-refractivity contribution in [3.8, 4) is 5.75 Å². The highest BCUT2D eigenvalue weighted by atomic mass is 16.7. The van der Waals surface area contributed by atoms with E-state index < -0.39 is 60.4 Å². The predicted octanol–water partition coefficient (Wildman–Crippen LogP) is -1.32. The van der Waals surface area contributed by atoms with Crippen LogP contribution in [-0.2, 0) is 35.3 Å². The normalized spacial score (nSPS) is 27.1. The van der Waals surface area contributed by atoms with Crippen molar-refractivity contribution in [2.75, 3.05) is 25.0 Å². The first-order valence-electron chi connectivity index (χ1n) is 13.7. The Morgan fingerprint density at radius 1 is 1.12 bits per heavy atom. The van der Waals surface area contributed by atoms with E-state index in [1.54, 1.807) is 6.92 Å². The van der Waals surface area contributed by atoms with Gasteiger partial charge in [0.15, 0.2) is 0 Å². The van der Waals surface area contributed by atoms with Crippen molar-refractivity contribution in [2.24, 2.45) is 5.41 Å². The van der Waals surface area contributed by atoms with E-state index in [0.717, 1.165) is 4.90 Å². The number of imide groups is 1. The Labute approximate surface area is 248 Å². The number of benzene rings is 1. The number of rotatable bonds is 13. The number of likely N-dealkylation sites (tertiary alicyclic amines) is 1. The number of ether oxygens (including phenoxy) is 3. The number of nitrogens with one attached hydrogen (secondary N) is 2. The van der Waals surface area contributed by atoms with Gasteiger partial charge in [0.05, 0.1) is 17.7 Å². The van der Waals surface area contributed by atoms with Crippen LogP contribution in [0.2, 0.25) is 0 Å². The van der Waals surface area contributed by atoms with Crippen LogP contribution in [0, 0.1) is 5.41 Å². The fourth-order valence-electron chi connectivity index (χ4n) is 4.59. The second kappa shape index (κ2) is 14.7. The number of anilines is 1. The summed E-state index contributed by atoms with van der Waals surface area (Å²) in [5, 5.41) is 44.9. The van der Waals surface area contributed by atoms with Gasteiger partial charge in [-0.15, -0.1) is 0 Å². The zero-order valence-corrected chi connectivity index (χ0v) is 23.9.